The van der Waals surface area contributed by atoms with Gasteiger partial charge in [0.25, 0.3) is 0 Å². The van der Waals surface area contributed by atoms with Gasteiger partial charge in [-0.15, -0.1) is 11.8 Å². The zero-order valence-electron chi connectivity index (χ0n) is 9.75. The first-order chi connectivity index (χ1) is 8.58. The van der Waals surface area contributed by atoms with Crippen LogP contribution in [0.1, 0.15) is 11.7 Å². The number of carbonyl (C=O) groups excluding carboxylic acids is 1. The average molecular weight is 271 g/mol. The van der Waals surface area contributed by atoms with Gasteiger partial charge in [-0.3, -0.25) is 0 Å². The second-order valence-corrected chi connectivity index (χ2v) is 4.85. The van der Waals surface area contributed by atoms with E-state index in [4.69, 9.17) is 9.52 Å². The topological polar surface area (TPSA) is 95.7 Å². The lowest BCUT2D eigenvalue weighted by Crippen LogP contribution is -2.46. The maximum Gasteiger partial charge on any atom is 0.327 e. The first kappa shape index (κ1) is 12.7. The maximum absolute atomic E-state index is 11.8. The predicted octanol–water partition coefficient (Wildman–Crippen LogP) is 0.652. The summed E-state index contributed by atoms with van der Waals surface area (Å²) in [7, 11) is 0. The van der Waals surface area contributed by atoms with Crippen molar-refractivity contribution < 1.29 is 19.1 Å². The molecule has 0 aromatic carbocycles. The second kappa shape index (κ2) is 5.30. The number of rotatable bonds is 3. The van der Waals surface area contributed by atoms with Gasteiger partial charge in [0.05, 0.1) is 18.6 Å². The van der Waals surface area contributed by atoms with Gasteiger partial charge in [0.15, 0.2) is 0 Å². The van der Waals surface area contributed by atoms with Gasteiger partial charge < -0.3 is 19.7 Å². The van der Waals surface area contributed by atoms with E-state index >= 15 is 0 Å². The molecule has 1 aromatic rings. The summed E-state index contributed by atoms with van der Waals surface area (Å²) < 4.78 is 5.20. The van der Waals surface area contributed by atoms with Gasteiger partial charge in [-0.05, 0) is 6.92 Å². The fraction of sp³-hybridized carbons (Fsp3) is 0.500. The van der Waals surface area contributed by atoms with Crippen molar-refractivity contribution in [2.75, 3.05) is 11.6 Å². The van der Waals surface area contributed by atoms with Crippen LogP contribution < -0.4 is 5.32 Å². The van der Waals surface area contributed by atoms with Crippen LogP contribution in [0.15, 0.2) is 10.6 Å². The number of nitrogens with one attached hydrogen (secondary N) is 1. The minimum Gasteiger partial charge on any atom is -0.480 e. The molecule has 1 aliphatic heterocycles. The highest BCUT2D eigenvalue weighted by Gasteiger charge is 2.34. The molecule has 1 saturated heterocycles. The molecule has 1 aliphatic rings. The minimum absolute atomic E-state index is 0.153. The van der Waals surface area contributed by atoms with Crippen molar-refractivity contribution in [2.45, 2.75) is 19.5 Å². The van der Waals surface area contributed by atoms with Gasteiger partial charge >= 0.3 is 12.0 Å². The van der Waals surface area contributed by atoms with Gasteiger partial charge in [-0.1, -0.05) is 0 Å². The second-order valence-electron chi connectivity index (χ2n) is 3.85. The monoisotopic (exact) mass is 271 g/mol. The summed E-state index contributed by atoms with van der Waals surface area (Å²) in [5.41, 5.74) is 0. The smallest absolute Gasteiger partial charge is 0.327 e. The summed E-state index contributed by atoms with van der Waals surface area (Å²) in [5.74, 6) is 0.884. The van der Waals surface area contributed by atoms with Crippen LogP contribution in [-0.2, 0) is 11.3 Å². The molecule has 1 atom stereocenters. The van der Waals surface area contributed by atoms with Gasteiger partial charge in [-0.25, -0.2) is 14.6 Å². The molecule has 2 heterocycles. The summed E-state index contributed by atoms with van der Waals surface area (Å²) in [4.78, 5) is 28.0. The summed E-state index contributed by atoms with van der Waals surface area (Å²) in [6, 6.07) is -1.18. The van der Waals surface area contributed by atoms with Crippen LogP contribution in [0, 0.1) is 6.92 Å². The number of aliphatic carboxylic acids is 1. The molecule has 8 heteroatoms. The van der Waals surface area contributed by atoms with E-state index in [9.17, 15) is 9.59 Å². The predicted molar refractivity (Wildman–Crippen MR) is 64.1 cm³/mol. The van der Waals surface area contributed by atoms with Crippen LogP contribution in [0.25, 0.3) is 0 Å². The highest BCUT2D eigenvalue weighted by molar-refractivity contribution is 7.99. The number of thioether (sulfide) groups is 1. The van der Waals surface area contributed by atoms with Crippen molar-refractivity contribution in [3.63, 3.8) is 0 Å². The van der Waals surface area contributed by atoms with Crippen molar-refractivity contribution in [3.8, 4) is 0 Å². The Morgan fingerprint density at radius 3 is 3.11 bits per heavy atom. The van der Waals surface area contributed by atoms with Gasteiger partial charge in [0.2, 0.25) is 5.89 Å². The number of nitrogens with zero attached hydrogens (tertiary/aromatic N) is 2. The van der Waals surface area contributed by atoms with Crippen LogP contribution in [0.4, 0.5) is 4.79 Å². The average Bonchev–Trinajstić information content (AvgIpc) is 2.94. The molecular weight excluding hydrogens is 258 g/mol. The van der Waals surface area contributed by atoms with E-state index in [-0.39, 0.29) is 6.54 Å². The third kappa shape index (κ3) is 2.76. The van der Waals surface area contributed by atoms with Crippen molar-refractivity contribution in [1.29, 1.82) is 0 Å². The number of aryl methyl sites for hydroxylation is 1. The Morgan fingerprint density at radius 1 is 1.72 bits per heavy atom. The molecule has 7 nitrogen and oxygen atoms in total. The molecule has 0 aliphatic carbocycles. The third-order valence-corrected chi connectivity index (χ3v) is 3.50. The van der Waals surface area contributed by atoms with Gasteiger partial charge in [0, 0.05) is 5.75 Å². The lowest BCUT2D eigenvalue weighted by Gasteiger charge is -2.20. The number of urea groups is 1. The summed E-state index contributed by atoms with van der Waals surface area (Å²) >= 11 is 1.42. The molecule has 18 heavy (non-hydrogen) atoms. The van der Waals surface area contributed by atoms with E-state index in [2.05, 4.69) is 10.3 Å². The van der Waals surface area contributed by atoms with Crippen LogP contribution in [-0.4, -0.2) is 44.7 Å². The molecule has 98 valence electrons. The molecule has 2 rings (SSSR count). The number of aromatic nitrogens is 1. The van der Waals surface area contributed by atoms with Gasteiger partial charge in [0.1, 0.15) is 11.8 Å². The Morgan fingerprint density at radius 2 is 2.50 bits per heavy atom. The Kier molecular flexibility index (Phi) is 3.75. The third-order valence-electron chi connectivity index (χ3n) is 2.49. The van der Waals surface area contributed by atoms with Crippen molar-refractivity contribution in [1.82, 2.24) is 15.2 Å². The number of carbonyl (C=O) groups is 2. The van der Waals surface area contributed by atoms with Crippen molar-refractivity contribution in [3.05, 3.63) is 17.8 Å². The summed E-state index contributed by atoms with van der Waals surface area (Å²) in [6.07, 6.45) is 1.56. The molecule has 0 saturated carbocycles. The van der Waals surface area contributed by atoms with E-state index < -0.39 is 18.0 Å². The number of carboxylic acids is 1. The molecule has 2 amide bonds. The van der Waals surface area contributed by atoms with Crippen LogP contribution in [0.5, 0.6) is 0 Å². The van der Waals surface area contributed by atoms with Gasteiger partial charge in [-0.2, -0.15) is 0 Å². The van der Waals surface area contributed by atoms with Crippen molar-refractivity contribution in [2.24, 2.45) is 0 Å². The normalized spacial score (nSPS) is 18.9. The first-order valence-corrected chi connectivity index (χ1v) is 6.49. The Bertz CT molecular complexity index is 462. The molecule has 0 radical (unpaired) electrons. The zero-order chi connectivity index (χ0) is 13.1. The largest absolute Gasteiger partial charge is 0.480 e. The fourth-order valence-corrected chi connectivity index (χ4v) is 2.73. The fourth-order valence-electron chi connectivity index (χ4n) is 1.58. The van der Waals surface area contributed by atoms with E-state index in [1.165, 1.54) is 16.7 Å². The van der Waals surface area contributed by atoms with E-state index in [0.29, 0.717) is 23.3 Å². The number of amides is 2. The number of carboxylic acid groups (broad SMARTS) is 1. The molecular formula is C10H13N3O4S. The Hall–Kier alpha value is -1.70. The van der Waals surface area contributed by atoms with Crippen molar-refractivity contribution >= 4 is 23.8 Å². The Balaban J connectivity index is 1.89. The van der Waals surface area contributed by atoms with E-state index in [0.717, 1.165) is 0 Å². The molecule has 0 spiro atoms. The number of hydrogen-bond donors (Lipinski definition) is 2. The Labute approximate surface area is 108 Å². The van der Waals surface area contributed by atoms with Crippen LogP contribution in [0.3, 0.4) is 0 Å². The van der Waals surface area contributed by atoms with Crippen LogP contribution in [0.2, 0.25) is 0 Å². The first-order valence-electron chi connectivity index (χ1n) is 5.34. The highest BCUT2D eigenvalue weighted by atomic mass is 32.2. The van der Waals surface area contributed by atoms with E-state index in [1.807, 2.05) is 0 Å². The number of hydrogen-bond acceptors (Lipinski definition) is 5. The molecule has 1 aromatic heterocycles. The summed E-state index contributed by atoms with van der Waals surface area (Å²) in [6.45, 7) is 1.91. The highest BCUT2D eigenvalue weighted by Crippen LogP contribution is 2.20. The molecule has 1 fully saturated rings. The maximum atomic E-state index is 11.8. The van der Waals surface area contributed by atoms with Crippen LogP contribution >= 0.6 is 11.8 Å². The lowest BCUT2D eigenvalue weighted by molar-refractivity contribution is -0.140. The standard InChI is InChI=1S/C10H13N3O4S/c1-6-2-11-8(17-6)3-12-10(16)13-5-18-4-7(13)9(14)15/h2,7H,3-5H2,1H3,(H,12,16)(H,14,15). The molecule has 2 N–H and O–H groups in total. The number of oxazole rings is 1. The molecule has 1 unspecified atom stereocenters. The lowest BCUT2D eigenvalue weighted by atomic mass is 10.3. The van der Waals surface area contributed by atoms with E-state index in [1.54, 1.807) is 13.1 Å². The quantitative estimate of drug-likeness (QED) is 0.838. The minimum atomic E-state index is -0.984. The SMILES string of the molecule is Cc1cnc(CNC(=O)N2CSCC2C(=O)O)o1. The summed E-state index contributed by atoms with van der Waals surface area (Å²) in [5, 5.41) is 11.5. The molecule has 0 bridgehead atoms. The zero-order valence-corrected chi connectivity index (χ0v) is 10.6.